The van der Waals surface area contributed by atoms with E-state index in [0.29, 0.717) is 11.3 Å². The third kappa shape index (κ3) is 1.56. The molecule has 90 valence electrons. The molecule has 2 heterocycles. The Morgan fingerprint density at radius 3 is 2.67 bits per heavy atom. The number of nitrogens with zero attached hydrogens (tertiary/aromatic N) is 1. The summed E-state index contributed by atoms with van der Waals surface area (Å²) in [6.07, 6.45) is 1.85. The average Bonchev–Trinajstić information content (AvgIpc) is 2.94. The average molecular weight is 239 g/mol. The van der Waals surface area contributed by atoms with E-state index in [0.717, 1.165) is 16.7 Å². The first kappa shape index (κ1) is 10.8. The van der Waals surface area contributed by atoms with Crippen LogP contribution < -0.4 is 0 Å². The molecule has 0 spiro atoms. The van der Waals surface area contributed by atoms with Gasteiger partial charge in [0.25, 0.3) is 0 Å². The molecule has 0 saturated carbocycles. The maximum Gasteiger partial charge on any atom is 0.230 e. The van der Waals surface area contributed by atoms with Gasteiger partial charge < -0.3 is 8.98 Å². The molecule has 3 rings (SSSR count). The largest absolute Gasteiger partial charge is 0.458 e. The van der Waals surface area contributed by atoms with Crippen LogP contribution in [0.25, 0.3) is 10.9 Å². The highest BCUT2D eigenvalue weighted by atomic mass is 16.3. The van der Waals surface area contributed by atoms with Gasteiger partial charge in [-0.1, -0.05) is 18.2 Å². The molecule has 0 aliphatic heterocycles. The van der Waals surface area contributed by atoms with Crippen LogP contribution in [-0.4, -0.2) is 10.4 Å². The Morgan fingerprint density at radius 1 is 1.17 bits per heavy atom. The van der Waals surface area contributed by atoms with Crippen LogP contribution in [0, 0.1) is 6.92 Å². The van der Waals surface area contributed by atoms with Gasteiger partial charge in [0.2, 0.25) is 5.78 Å². The lowest BCUT2D eigenvalue weighted by Crippen LogP contribution is -1.98. The smallest absolute Gasteiger partial charge is 0.230 e. The summed E-state index contributed by atoms with van der Waals surface area (Å²) >= 11 is 0. The molecule has 2 aromatic heterocycles. The normalized spacial score (nSPS) is 11.0. The van der Waals surface area contributed by atoms with Crippen LogP contribution in [0.3, 0.4) is 0 Å². The molecule has 0 fully saturated rings. The summed E-state index contributed by atoms with van der Waals surface area (Å²) in [5.74, 6) is 1.07. The molecule has 3 heteroatoms. The highest BCUT2D eigenvalue weighted by Crippen LogP contribution is 2.23. The van der Waals surface area contributed by atoms with E-state index < -0.39 is 0 Å². The topological polar surface area (TPSA) is 35.1 Å². The van der Waals surface area contributed by atoms with Crippen molar-refractivity contribution in [3.63, 3.8) is 0 Å². The lowest BCUT2D eigenvalue weighted by atomic mass is 10.1. The molecular formula is C15H13NO2. The van der Waals surface area contributed by atoms with Gasteiger partial charge in [0.15, 0.2) is 5.76 Å². The minimum atomic E-state index is -0.0695. The van der Waals surface area contributed by atoms with Crippen molar-refractivity contribution in [2.24, 2.45) is 7.05 Å². The minimum absolute atomic E-state index is 0.0695. The van der Waals surface area contributed by atoms with E-state index in [1.54, 1.807) is 12.1 Å². The minimum Gasteiger partial charge on any atom is -0.458 e. The molecule has 0 unspecified atom stereocenters. The highest BCUT2D eigenvalue weighted by molar-refractivity contribution is 6.15. The van der Waals surface area contributed by atoms with Crippen LogP contribution in [0.5, 0.6) is 0 Å². The number of carbonyl (C=O) groups is 1. The number of para-hydroxylation sites is 1. The number of fused-ring (bicyclic) bond motifs is 1. The summed E-state index contributed by atoms with van der Waals surface area (Å²) in [4.78, 5) is 12.4. The van der Waals surface area contributed by atoms with Crippen molar-refractivity contribution >= 4 is 16.7 Å². The van der Waals surface area contributed by atoms with Gasteiger partial charge in [-0.3, -0.25) is 4.79 Å². The fraction of sp³-hybridized carbons (Fsp3) is 0.133. The number of rotatable bonds is 2. The lowest BCUT2D eigenvalue weighted by molar-refractivity contribution is 0.101. The molecule has 0 aliphatic carbocycles. The Morgan fingerprint density at radius 2 is 1.94 bits per heavy atom. The second-order valence-electron chi connectivity index (χ2n) is 4.41. The highest BCUT2D eigenvalue weighted by Gasteiger charge is 2.17. The summed E-state index contributed by atoms with van der Waals surface area (Å²) < 4.78 is 7.36. The molecule has 0 atom stereocenters. The molecule has 0 bridgehead atoms. The number of hydrogen-bond donors (Lipinski definition) is 0. The summed E-state index contributed by atoms with van der Waals surface area (Å²) in [7, 11) is 1.94. The fourth-order valence-electron chi connectivity index (χ4n) is 2.21. The predicted octanol–water partition coefficient (Wildman–Crippen LogP) is 3.31. The van der Waals surface area contributed by atoms with Gasteiger partial charge in [-0.15, -0.1) is 0 Å². The van der Waals surface area contributed by atoms with E-state index in [2.05, 4.69) is 0 Å². The van der Waals surface area contributed by atoms with Crippen LogP contribution in [0.2, 0.25) is 0 Å². The maximum absolute atomic E-state index is 12.4. The molecule has 18 heavy (non-hydrogen) atoms. The van der Waals surface area contributed by atoms with Gasteiger partial charge in [0.1, 0.15) is 5.76 Å². The Labute approximate surface area is 105 Å². The number of hydrogen-bond acceptors (Lipinski definition) is 2. The summed E-state index contributed by atoms with van der Waals surface area (Å²) in [5, 5.41) is 0.957. The van der Waals surface area contributed by atoms with Gasteiger partial charge in [0, 0.05) is 24.1 Å². The molecule has 0 saturated heterocycles. The maximum atomic E-state index is 12.4. The van der Waals surface area contributed by atoms with E-state index in [4.69, 9.17) is 4.42 Å². The van der Waals surface area contributed by atoms with Gasteiger partial charge in [-0.25, -0.2) is 0 Å². The van der Waals surface area contributed by atoms with Crippen LogP contribution in [-0.2, 0) is 7.05 Å². The van der Waals surface area contributed by atoms with Crippen molar-refractivity contribution in [2.75, 3.05) is 0 Å². The first-order valence-corrected chi connectivity index (χ1v) is 5.82. The number of benzene rings is 1. The number of aromatic nitrogens is 1. The quantitative estimate of drug-likeness (QED) is 0.643. The van der Waals surface area contributed by atoms with E-state index in [-0.39, 0.29) is 5.78 Å². The van der Waals surface area contributed by atoms with E-state index >= 15 is 0 Å². The summed E-state index contributed by atoms with van der Waals surface area (Å²) in [5.41, 5.74) is 1.73. The molecule has 0 N–H and O–H groups in total. The number of carbonyl (C=O) groups excluding carboxylic acids is 1. The lowest BCUT2D eigenvalue weighted by Gasteiger charge is -1.95. The first-order valence-electron chi connectivity index (χ1n) is 5.82. The zero-order valence-corrected chi connectivity index (χ0v) is 10.3. The Kier molecular flexibility index (Phi) is 2.33. The van der Waals surface area contributed by atoms with Crippen molar-refractivity contribution < 1.29 is 9.21 Å². The third-order valence-corrected chi connectivity index (χ3v) is 3.11. The van der Waals surface area contributed by atoms with Crippen LogP contribution >= 0.6 is 0 Å². The zero-order chi connectivity index (χ0) is 12.7. The van der Waals surface area contributed by atoms with Crippen molar-refractivity contribution in [3.05, 3.63) is 59.7 Å². The van der Waals surface area contributed by atoms with Crippen molar-refractivity contribution in [2.45, 2.75) is 6.92 Å². The second-order valence-corrected chi connectivity index (χ2v) is 4.41. The molecule has 3 nitrogen and oxygen atoms in total. The second kappa shape index (κ2) is 3.88. The third-order valence-electron chi connectivity index (χ3n) is 3.11. The van der Waals surface area contributed by atoms with E-state index in [1.807, 2.05) is 49.0 Å². The van der Waals surface area contributed by atoms with Crippen molar-refractivity contribution in [1.82, 2.24) is 4.57 Å². The van der Waals surface area contributed by atoms with Gasteiger partial charge in [-0.05, 0) is 25.1 Å². The number of furan rings is 1. The monoisotopic (exact) mass is 239 g/mol. The molecule has 0 radical (unpaired) electrons. The molecule has 1 aromatic carbocycles. The fourth-order valence-corrected chi connectivity index (χ4v) is 2.21. The predicted molar refractivity (Wildman–Crippen MR) is 69.8 cm³/mol. The Bertz CT molecular complexity index is 734. The molecular weight excluding hydrogens is 226 g/mol. The van der Waals surface area contributed by atoms with Gasteiger partial charge in [0.05, 0.1) is 5.56 Å². The Balaban J connectivity index is 2.18. The van der Waals surface area contributed by atoms with Gasteiger partial charge >= 0.3 is 0 Å². The SMILES string of the molecule is Cc1ccc(C(=O)c2cn(C)c3ccccc23)o1. The van der Waals surface area contributed by atoms with E-state index in [9.17, 15) is 4.79 Å². The zero-order valence-electron chi connectivity index (χ0n) is 10.3. The van der Waals surface area contributed by atoms with Crippen molar-refractivity contribution in [3.8, 4) is 0 Å². The Hall–Kier alpha value is -2.29. The summed E-state index contributed by atoms with van der Waals surface area (Å²) in [6.45, 7) is 1.83. The van der Waals surface area contributed by atoms with Crippen molar-refractivity contribution in [1.29, 1.82) is 0 Å². The summed E-state index contributed by atoms with van der Waals surface area (Å²) in [6, 6.07) is 11.4. The number of aryl methyl sites for hydroxylation is 2. The molecule has 3 aromatic rings. The molecule has 0 amide bonds. The molecule has 0 aliphatic rings. The van der Waals surface area contributed by atoms with Crippen LogP contribution in [0.15, 0.2) is 47.0 Å². The van der Waals surface area contributed by atoms with Crippen LogP contribution in [0.4, 0.5) is 0 Å². The van der Waals surface area contributed by atoms with Crippen LogP contribution in [0.1, 0.15) is 21.9 Å². The number of ketones is 1. The first-order chi connectivity index (χ1) is 8.66. The van der Waals surface area contributed by atoms with Gasteiger partial charge in [-0.2, -0.15) is 0 Å². The standard InChI is InChI=1S/C15H13NO2/c1-10-7-8-14(18-10)15(17)12-9-16(2)13-6-4-3-5-11(12)13/h3-9H,1-2H3. The van der Waals surface area contributed by atoms with E-state index in [1.165, 1.54) is 0 Å².